The Morgan fingerprint density at radius 2 is 1.44 bits per heavy atom. The van der Waals surface area contributed by atoms with Crippen LogP contribution in [0.15, 0.2) is 0 Å². The SMILES string of the molecule is OC(O)C(F)(F)C(F)F. The van der Waals surface area contributed by atoms with Gasteiger partial charge in [0.1, 0.15) is 0 Å². The molecule has 9 heavy (non-hydrogen) atoms. The van der Waals surface area contributed by atoms with Crippen LogP contribution in [0.25, 0.3) is 0 Å². The molecule has 56 valence electrons. The van der Waals surface area contributed by atoms with E-state index in [0.717, 1.165) is 0 Å². The molecule has 6 heteroatoms. The summed E-state index contributed by atoms with van der Waals surface area (Å²) in [5, 5.41) is 15.2. The maximum absolute atomic E-state index is 11.4. The van der Waals surface area contributed by atoms with Gasteiger partial charge in [-0.2, -0.15) is 8.78 Å². The van der Waals surface area contributed by atoms with Crippen molar-refractivity contribution in [3.8, 4) is 0 Å². The molecule has 0 heterocycles. The molecule has 0 amide bonds. The fraction of sp³-hybridized carbons (Fsp3) is 1.00. The summed E-state index contributed by atoms with van der Waals surface area (Å²) >= 11 is 0. The molecule has 0 aliphatic carbocycles. The molecular formula is C3H4F4O2. The Morgan fingerprint density at radius 1 is 1.11 bits per heavy atom. The van der Waals surface area contributed by atoms with Crippen molar-refractivity contribution in [3.05, 3.63) is 0 Å². The monoisotopic (exact) mass is 148 g/mol. The Balaban J connectivity index is 4.01. The van der Waals surface area contributed by atoms with E-state index in [2.05, 4.69) is 0 Å². The van der Waals surface area contributed by atoms with E-state index in [4.69, 9.17) is 10.2 Å². The van der Waals surface area contributed by atoms with E-state index in [-0.39, 0.29) is 0 Å². The second kappa shape index (κ2) is 2.49. The number of rotatable bonds is 2. The lowest BCUT2D eigenvalue weighted by atomic mass is 10.3. The molecule has 0 radical (unpaired) electrons. The fourth-order valence-electron chi connectivity index (χ4n) is 0.113. The molecule has 0 aliphatic heterocycles. The average Bonchev–Trinajstić information content (AvgIpc) is 1.65. The molecule has 0 aliphatic rings. The topological polar surface area (TPSA) is 40.5 Å². The van der Waals surface area contributed by atoms with Crippen LogP contribution in [0.4, 0.5) is 17.6 Å². The van der Waals surface area contributed by atoms with Crippen LogP contribution in [0.2, 0.25) is 0 Å². The van der Waals surface area contributed by atoms with Gasteiger partial charge in [-0.3, -0.25) is 0 Å². The molecule has 0 aromatic heterocycles. The van der Waals surface area contributed by atoms with E-state index in [1.165, 1.54) is 0 Å². The van der Waals surface area contributed by atoms with Gasteiger partial charge in [0.25, 0.3) is 0 Å². The number of aliphatic hydroxyl groups excluding tert-OH is 1. The summed E-state index contributed by atoms with van der Waals surface area (Å²) in [5.41, 5.74) is 0. The summed E-state index contributed by atoms with van der Waals surface area (Å²) in [5.74, 6) is -4.72. The minimum Gasteiger partial charge on any atom is -0.363 e. The van der Waals surface area contributed by atoms with Gasteiger partial charge in [-0.25, -0.2) is 8.78 Å². The van der Waals surface area contributed by atoms with Crippen molar-refractivity contribution in [3.63, 3.8) is 0 Å². The lowest BCUT2D eigenvalue weighted by molar-refractivity contribution is -0.259. The third kappa shape index (κ3) is 1.79. The fourth-order valence-corrected chi connectivity index (χ4v) is 0.113. The van der Waals surface area contributed by atoms with Gasteiger partial charge < -0.3 is 10.2 Å². The third-order valence-corrected chi connectivity index (χ3v) is 0.635. The normalized spacial score (nSPS) is 13.3. The highest BCUT2D eigenvalue weighted by atomic mass is 19.3. The van der Waals surface area contributed by atoms with Crippen molar-refractivity contribution < 1.29 is 27.8 Å². The molecule has 0 aromatic rings. The molecule has 0 bridgehead atoms. The average molecular weight is 148 g/mol. The minimum atomic E-state index is -4.72. The molecular weight excluding hydrogens is 144 g/mol. The standard InChI is InChI=1S/C3H4F4O2/c4-1(5)3(6,7)2(8)9/h1-2,8-9H. The number of aliphatic hydroxyl groups is 2. The summed E-state index contributed by atoms with van der Waals surface area (Å²) in [6.45, 7) is 0. The van der Waals surface area contributed by atoms with Crippen molar-refractivity contribution in [2.75, 3.05) is 0 Å². The van der Waals surface area contributed by atoms with E-state index < -0.39 is 18.6 Å². The van der Waals surface area contributed by atoms with E-state index in [1.54, 1.807) is 0 Å². The minimum absolute atomic E-state index is 3.29. The van der Waals surface area contributed by atoms with Crippen LogP contribution in [0, 0.1) is 0 Å². The van der Waals surface area contributed by atoms with E-state index in [0.29, 0.717) is 0 Å². The molecule has 0 saturated carbocycles. The zero-order chi connectivity index (χ0) is 7.65. The highest BCUT2D eigenvalue weighted by molar-refractivity contribution is 4.70. The zero-order valence-electron chi connectivity index (χ0n) is 4.06. The second-order valence-corrected chi connectivity index (χ2v) is 1.35. The zero-order valence-corrected chi connectivity index (χ0v) is 4.06. The van der Waals surface area contributed by atoms with Gasteiger partial charge >= 0.3 is 12.3 Å². The predicted molar refractivity (Wildman–Crippen MR) is 19.2 cm³/mol. The van der Waals surface area contributed by atoms with Crippen molar-refractivity contribution in [1.29, 1.82) is 0 Å². The Bertz CT molecular complexity index is 81.8. The maximum atomic E-state index is 11.4. The first-order valence-corrected chi connectivity index (χ1v) is 1.91. The van der Waals surface area contributed by atoms with Gasteiger partial charge in [0, 0.05) is 0 Å². The third-order valence-electron chi connectivity index (χ3n) is 0.635. The van der Waals surface area contributed by atoms with Crippen LogP contribution >= 0.6 is 0 Å². The van der Waals surface area contributed by atoms with Crippen molar-refractivity contribution >= 4 is 0 Å². The molecule has 0 saturated heterocycles. The Morgan fingerprint density at radius 3 is 1.44 bits per heavy atom. The summed E-state index contributed by atoms with van der Waals surface area (Å²) in [6.07, 6.45) is -7.34. The maximum Gasteiger partial charge on any atom is 0.356 e. The van der Waals surface area contributed by atoms with E-state index in [9.17, 15) is 17.6 Å². The van der Waals surface area contributed by atoms with Crippen LogP contribution < -0.4 is 0 Å². The molecule has 2 N–H and O–H groups in total. The lowest BCUT2D eigenvalue weighted by Gasteiger charge is -2.15. The lowest BCUT2D eigenvalue weighted by Crippen LogP contribution is -2.39. The Kier molecular flexibility index (Phi) is 2.39. The smallest absolute Gasteiger partial charge is 0.356 e. The van der Waals surface area contributed by atoms with Crippen LogP contribution in [0.3, 0.4) is 0 Å². The highest BCUT2D eigenvalue weighted by Gasteiger charge is 2.47. The Hall–Kier alpha value is -0.360. The number of hydrogen-bond acceptors (Lipinski definition) is 2. The van der Waals surface area contributed by atoms with Gasteiger partial charge in [0.15, 0.2) is 0 Å². The van der Waals surface area contributed by atoms with Gasteiger partial charge in [0.2, 0.25) is 6.29 Å². The molecule has 0 spiro atoms. The first-order chi connectivity index (χ1) is 3.89. The number of halogens is 4. The Labute approximate surface area is 47.7 Å². The molecule has 0 fully saturated rings. The first-order valence-electron chi connectivity index (χ1n) is 1.91. The summed E-state index contributed by atoms with van der Waals surface area (Å²) in [6, 6.07) is 0. The molecule has 2 nitrogen and oxygen atoms in total. The van der Waals surface area contributed by atoms with Crippen LogP contribution in [0.1, 0.15) is 0 Å². The summed E-state index contributed by atoms with van der Waals surface area (Å²) in [7, 11) is 0. The quantitative estimate of drug-likeness (QED) is 0.433. The van der Waals surface area contributed by atoms with Crippen molar-refractivity contribution in [2.45, 2.75) is 18.6 Å². The van der Waals surface area contributed by atoms with Crippen LogP contribution in [-0.4, -0.2) is 28.9 Å². The van der Waals surface area contributed by atoms with Gasteiger partial charge in [-0.05, 0) is 0 Å². The van der Waals surface area contributed by atoms with Gasteiger partial charge in [-0.15, -0.1) is 0 Å². The van der Waals surface area contributed by atoms with E-state index >= 15 is 0 Å². The number of alkyl halides is 4. The molecule has 0 atom stereocenters. The van der Waals surface area contributed by atoms with Crippen molar-refractivity contribution in [1.82, 2.24) is 0 Å². The van der Waals surface area contributed by atoms with Crippen LogP contribution in [0.5, 0.6) is 0 Å². The summed E-state index contributed by atoms with van der Waals surface area (Å²) < 4.78 is 44.8. The number of hydrogen-bond donors (Lipinski definition) is 2. The molecule has 0 rings (SSSR count). The predicted octanol–water partition coefficient (Wildman–Crippen LogP) is 0.197. The first kappa shape index (κ1) is 8.64. The molecule has 0 aromatic carbocycles. The summed E-state index contributed by atoms with van der Waals surface area (Å²) in [4.78, 5) is 0. The van der Waals surface area contributed by atoms with Crippen molar-refractivity contribution in [2.24, 2.45) is 0 Å². The van der Waals surface area contributed by atoms with Gasteiger partial charge in [-0.1, -0.05) is 0 Å². The van der Waals surface area contributed by atoms with E-state index in [1.807, 2.05) is 0 Å². The highest BCUT2D eigenvalue weighted by Crippen LogP contribution is 2.24. The van der Waals surface area contributed by atoms with Gasteiger partial charge in [0.05, 0.1) is 0 Å². The van der Waals surface area contributed by atoms with Crippen LogP contribution in [-0.2, 0) is 0 Å². The largest absolute Gasteiger partial charge is 0.363 e. The molecule has 0 unspecified atom stereocenters. The second-order valence-electron chi connectivity index (χ2n) is 1.35.